The summed E-state index contributed by atoms with van der Waals surface area (Å²) in [6.07, 6.45) is 1.92. The van der Waals surface area contributed by atoms with Gasteiger partial charge in [-0.05, 0) is 48.2 Å². The van der Waals surface area contributed by atoms with Crippen molar-refractivity contribution < 1.29 is 4.79 Å². The highest BCUT2D eigenvalue weighted by molar-refractivity contribution is 5.75. The first-order valence-electron chi connectivity index (χ1n) is 7.26. The minimum absolute atomic E-state index is 0.619. The SMILES string of the molecule is CCc1ccc(N=NC(=O)N=Nc2ccc(CC)cc2)cc1. The highest BCUT2D eigenvalue weighted by Crippen LogP contribution is 2.16. The molecule has 0 atom stereocenters. The molecule has 22 heavy (non-hydrogen) atoms. The van der Waals surface area contributed by atoms with Crippen LogP contribution in [0.2, 0.25) is 0 Å². The van der Waals surface area contributed by atoms with Crippen LogP contribution in [0.1, 0.15) is 25.0 Å². The van der Waals surface area contributed by atoms with Crippen LogP contribution in [-0.4, -0.2) is 6.03 Å². The van der Waals surface area contributed by atoms with Crippen LogP contribution in [0.25, 0.3) is 0 Å². The first-order valence-corrected chi connectivity index (χ1v) is 7.26. The number of amides is 2. The van der Waals surface area contributed by atoms with Gasteiger partial charge in [0.2, 0.25) is 0 Å². The summed E-state index contributed by atoms with van der Waals surface area (Å²) in [7, 11) is 0. The number of azo groups is 2. The molecular formula is C17H18N4O. The summed E-state index contributed by atoms with van der Waals surface area (Å²) in [6.45, 7) is 4.15. The number of carbonyl (C=O) groups is 1. The Bertz CT molecular complexity index is 613. The summed E-state index contributed by atoms with van der Waals surface area (Å²) in [5.74, 6) is 0. The van der Waals surface area contributed by atoms with E-state index in [4.69, 9.17) is 0 Å². The third-order valence-corrected chi connectivity index (χ3v) is 3.19. The van der Waals surface area contributed by atoms with E-state index in [0.29, 0.717) is 11.4 Å². The molecule has 0 saturated carbocycles. The second kappa shape index (κ2) is 7.93. The molecule has 0 radical (unpaired) electrons. The lowest BCUT2D eigenvalue weighted by Gasteiger charge is -1.96. The molecular weight excluding hydrogens is 276 g/mol. The largest absolute Gasteiger partial charge is 0.404 e. The van der Waals surface area contributed by atoms with Gasteiger partial charge in [0.05, 0.1) is 11.4 Å². The molecule has 5 heteroatoms. The zero-order chi connectivity index (χ0) is 15.8. The Labute approximate surface area is 129 Å². The van der Waals surface area contributed by atoms with Crippen molar-refractivity contribution >= 4 is 17.4 Å². The minimum atomic E-state index is -0.723. The molecule has 0 fully saturated rings. The molecule has 2 aromatic rings. The Balaban J connectivity index is 1.95. The molecule has 0 heterocycles. The van der Waals surface area contributed by atoms with Crippen LogP contribution in [0.15, 0.2) is 69.0 Å². The lowest BCUT2D eigenvalue weighted by molar-refractivity contribution is 0.254. The van der Waals surface area contributed by atoms with Gasteiger partial charge in [-0.1, -0.05) is 48.3 Å². The molecule has 2 rings (SSSR count). The van der Waals surface area contributed by atoms with Crippen molar-refractivity contribution in [2.45, 2.75) is 26.7 Å². The Morgan fingerprint density at radius 3 is 1.41 bits per heavy atom. The minimum Gasteiger partial charge on any atom is -0.240 e. The molecule has 0 spiro atoms. The third kappa shape index (κ3) is 4.70. The zero-order valence-electron chi connectivity index (χ0n) is 12.7. The molecule has 0 unspecified atom stereocenters. The molecule has 0 saturated heterocycles. The fourth-order valence-corrected chi connectivity index (χ4v) is 1.82. The van der Waals surface area contributed by atoms with E-state index < -0.39 is 6.03 Å². The Kier molecular flexibility index (Phi) is 5.65. The predicted molar refractivity (Wildman–Crippen MR) is 86.1 cm³/mol. The van der Waals surface area contributed by atoms with Crippen molar-refractivity contribution in [1.82, 2.24) is 0 Å². The van der Waals surface area contributed by atoms with Crippen LogP contribution < -0.4 is 0 Å². The number of hydrogen-bond donors (Lipinski definition) is 0. The highest BCUT2D eigenvalue weighted by atomic mass is 16.2. The Hall–Kier alpha value is -2.69. The number of benzene rings is 2. The standard InChI is InChI=1S/C17H18N4O/c1-3-13-5-9-15(10-6-13)18-20-17(22)21-19-16-11-7-14(4-2)8-12-16/h5-12H,3-4H2,1-2H3. The van der Waals surface area contributed by atoms with Crippen molar-refractivity contribution in [3.8, 4) is 0 Å². The third-order valence-electron chi connectivity index (χ3n) is 3.19. The molecule has 0 bridgehead atoms. The smallest absolute Gasteiger partial charge is 0.240 e. The lowest BCUT2D eigenvalue weighted by atomic mass is 10.2. The molecule has 112 valence electrons. The van der Waals surface area contributed by atoms with E-state index in [1.165, 1.54) is 11.1 Å². The van der Waals surface area contributed by atoms with Gasteiger partial charge in [0.15, 0.2) is 0 Å². The van der Waals surface area contributed by atoms with Gasteiger partial charge in [0, 0.05) is 0 Å². The van der Waals surface area contributed by atoms with E-state index in [0.717, 1.165) is 12.8 Å². The average Bonchev–Trinajstić information content (AvgIpc) is 2.59. The predicted octanol–water partition coefficient (Wildman–Crippen LogP) is 5.80. The van der Waals surface area contributed by atoms with Gasteiger partial charge in [0.1, 0.15) is 0 Å². The lowest BCUT2D eigenvalue weighted by Crippen LogP contribution is -1.81. The number of urea groups is 1. The summed E-state index contributed by atoms with van der Waals surface area (Å²) in [5.41, 5.74) is 3.65. The number of nitrogens with zero attached hydrogens (tertiary/aromatic N) is 4. The topological polar surface area (TPSA) is 66.5 Å². The van der Waals surface area contributed by atoms with Gasteiger partial charge in [-0.2, -0.15) is 0 Å². The molecule has 0 aliphatic rings. The number of carbonyl (C=O) groups excluding carboxylic acids is 1. The van der Waals surface area contributed by atoms with Gasteiger partial charge >= 0.3 is 6.03 Å². The Morgan fingerprint density at radius 1 is 0.727 bits per heavy atom. The van der Waals surface area contributed by atoms with Crippen molar-refractivity contribution in [3.05, 3.63) is 59.7 Å². The first-order chi connectivity index (χ1) is 10.7. The number of aryl methyl sites for hydroxylation is 2. The molecule has 0 aromatic heterocycles. The second-order valence-corrected chi connectivity index (χ2v) is 4.72. The maximum atomic E-state index is 11.5. The second-order valence-electron chi connectivity index (χ2n) is 4.72. The number of rotatable bonds is 4. The maximum absolute atomic E-state index is 11.5. The summed E-state index contributed by atoms with van der Waals surface area (Å²) < 4.78 is 0. The first kappa shape index (κ1) is 15.7. The van der Waals surface area contributed by atoms with Crippen molar-refractivity contribution in [1.29, 1.82) is 0 Å². The molecule has 0 aliphatic carbocycles. The van der Waals surface area contributed by atoms with E-state index in [9.17, 15) is 4.79 Å². The van der Waals surface area contributed by atoms with Crippen LogP contribution in [0.4, 0.5) is 16.2 Å². The summed E-state index contributed by atoms with van der Waals surface area (Å²) in [5, 5.41) is 14.7. The summed E-state index contributed by atoms with van der Waals surface area (Å²) in [4.78, 5) is 11.5. The maximum Gasteiger partial charge on any atom is 0.404 e. The van der Waals surface area contributed by atoms with E-state index in [2.05, 4.69) is 34.3 Å². The fraction of sp³-hybridized carbons (Fsp3) is 0.235. The number of hydrogen-bond acceptors (Lipinski definition) is 3. The van der Waals surface area contributed by atoms with Crippen LogP contribution in [0, 0.1) is 0 Å². The van der Waals surface area contributed by atoms with E-state index in [-0.39, 0.29) is 0 Å². The zero-order valence-corrected chi connectivity index (χ0v) is 12.7. The van der Waals surface area contributed by atoms with Crippen LogP contribution in [0.3, 0.4) is 0 Å². The van der Waals surface area contributed by atoms with Crippen molar-refractivity contribution in [2.75, 3.05) is 0 Å². The highest BCUT2D eigenvalue weighted by Gasteiger charge is 1.97. The van der Waals surface area contributed by atoms with E-state index >= 15 is 0 Å². The Morgan fingerprint density at radius 2 is 1.09 bits per heavy atom. The molecule has 2 amide bonds. The van der Waals surface area contributed by atoms with Crippen LogP contribution in [-0.2, 0) is 12.8 Å². The van der Waals surface area contributed by atoms with Gasteiger partial charge in [-0.3, -0.25) is 0 Å². The summed E-state index contributed by atoms with van der Waals surface area (Å²) in [6, 6.07) is 14.4. The average molecular weight is 294 g/mol. The monoisotopic (exact) mass is 294 g/mol. The normalized spacial score (nSPS) is 11.4. The van der Waals surface area contributed by atoms with Gasteiger partial charge in [-0.25, -0.2) is 4.79 Å². The molecule has 5 nitrogen and oxygen atoms in total. The molecule has 0 aliphatic heterocycles. The van der Waals surface area contributed by atoms with Crippen molar-refractivity contribution in [3.63, 3.8) is 0 Å². The van der Waals surface area contributed by atoms with Gasteiger partial charge < -0.3 is 0 Å². The van der Waals surface area contributed by atoms with E-state index in [1.54, 1.807) is 0 Å². The van der Waals surface area contributed by atoms with Gasteiger partial charge in [-0.15, -0.1) is 10.2 Å². The fourth-order valence-electron chi connectivity index (χ4n) is 1.82. The van der Waals surface area contributed by atoms with E-state index in [1.807, 2.05) is 48.5 Å². The summed E-state index contributed by atoms with van der Waals surface area (Å²) >= 11 is 0. The quantitative estimate of drug-likeness (QED) is 0.657. The van der Waals surface area contributed by atoms with Crippen LogP contribution in [0.5, 0.6) is 0 Å². The van der Waals surface area contributed by atoms with Crippen molar-refractivity contribution in [2.24, 2.45) is 20.5 Å². The molecule has 0 N–H and O–H groups in total. The molecule has 2 aromatic carbocycles. The van der Waals surface area contributed by atoms with Gasteiger partial charge in [0.25, 0.3) is 0 Å². The van der Waals surface area contributed by atoms with Crippen LogP contribution >= 0.6 is 0 Å².